The number of nitrogens with two attached hydrogens (primary N) is 1. The average molecular weight is 195 g/mol. The topological polar surface area (TPSA) is 46.2 Å². The Bertz CT molecular complexity index is 88.4. The maximum absolute atomic E-state index is 9.12. The molecule has 0 aliphatic carbocycles. The lowest BCUT2D eigenvalue weighted by atomic mass is 10.4. The first-order chi connectivity index (χ1) is 5.24. The Morgan fingerprint density at radius 1 is 1.27 bits per heavy atom. The third-order valence-corrected chi connectivity index (χ3v) is 4.29. The second kappa shape index (κ2) is 6.17. The van der Waals surface area contributed by atoms with Gasteiger partial charge < -0.3 is 10.8 Å². The number of hydrogen-bond acceptors (Lipinski definition) is 4. The Morgan fingerprint density at radius 2 is 1.73 bits per heavy atom. The fraction of sp³-hybridized carbons (Fsp3) is 1.00. The summed E-state index contributed by atoms with van der Waals surface area (Å²) in [5.74, 6) is 2.01. The molecule has 0 radical (unpaired) electrons. The average Bonchev–Trinajstić information content (AvgIpc) is 2.04. The summed E-state index contributed by atoms with van der Waals surface area (Å²) >= 11 is 3.47. The number of thioether (sulfide) groups is 2. The molecule has 0 aromatic rings. The Hall–Kier alpha value is 0.620. The largest absolute Gasteiger partial charge is 0.394 e. The fourth-order valence-corrected chi connectivity index (χ4v) is 3.35. The molecular formula is C7H17NOS2. The quantitative estimate of drug-likeness (QED) is 0.624. The van der Waals surface area contributed by atoms with Crippen molar-refractivity contribution >= 4 is 23.5 Å². The van der Waals surface area contributed by atoms with Crippen molar-refractivity contribution in [2.24, 2.45) is 5.73 Å². The van der Waals surface area contributed by atoms with Gasteiger partial charge in [0, 0.05) is 6.54 Å². The van der Waals surface area contributed by atoms with Crippen LogP contribution in [-0.4, -0.2) is 33.8 Å². The molecule has 3 N–H and O–H groups in total. The molecule has 0 amide bonds. The van der Waals surface area contributed by atoms with Gasteiger partial charge in [-0.1, -0.05) is 13.8 Å². The minimum absolute atomic E-state index is 0.149. The van der Waals surface area contributed by atoms with E-state index in [9.17, 15) is 0 Å². The molecule has 0 heterocycles. The van der Waals surface area contributed by atoms with Crippen LogP contribution in [0.2, 0.25) is 0 Å². The van der Waals surface area contributed by atoms with Crippen LogP contribution in [0.1, 0.15) is 13.8 Å². The van der Waals surface area contributed by atoms with E-state index in [0.29, 0.717) is 6.54 Å². The third-order valence-electron chi connectivity index (χ3n) is 1.37. The number of rotatable bonds is 6. The van der Waals surface area contributed by atoms with Crippen molar-refractivity contribution in [3.8, 4) is 0 Å². The van der Waals surface area contributed by atoms with Gasteiger partial charge in [-0.25, -0.2) is 0 Å². The van der Waals surface area contributed by atoms with Crippen LogP contribution in [-0.2, 0) is 0 Å². The van der Waals surface area contributed by atoms with Crippen molar-refractivity contribution < 1.29 is 5.11 Å². The minimum atomic E-state index is -0.149. The Balaban J connectivity index is 3.96. The van der Waals surface area contributed by atoms with Gasteiger partial charge in [-0.15, -0.1) is 23.5 Å². The van der Waals surface area contributed by atoms with Gasteiger partial charge in [0.15, 0.2) is 0 Å². The summed E-state index contributed by atoms with van der Waals surface area (Å²) in [7, 11) is 0. The second-order valence-electron chi connectivity index (χ2n) is 2.14. The zero-order valence-corrected chi connectivity index (χ0v) is 8.80. The Labute approximate surface area is 77.3 Å². The second-order valence-corrected chi connectivity index (χ2v) is 5.69. The van der Waals surface area contributed by atoms with E-state index >= 15 is 0 Å². The van der Waals surface area contributed by atoms with E-state index in [1.807, 2.05) is 0 Å². The zero-order valence-electron chi connectivity index (χ0n) is 7.17. The molecule has 0 saturated carbocycles. The summed E-state index contributed by atoms with van der Waals surface area (Å²) in [5.41, 5.74) is 5.59. The molecular weight excluding hydrogens is 178 g/mol. The summed E-state index contributed by atoms with van der Waals surface area (Å²) in [4.78, 5) is 0. The molecule has 4 heteroatoms. The van der Waals surface area contributed by atoms with Gasteiger partial charge in [0.2, 0.25) is 0 Å². The van der Waals surface area contributed by atoms with Gasteiger partial charge in [0.1, 0.15) is 0 Å². The molecule has 0 aromatic carbocycles. The van der Waals surface area contributed by atoms with Crippen LogP contribution in [0.5, 0.6) is 0 Å². The first kappa shape index (κ1) is 11.6. The lowest BCUT2D eigenvalue weighted by Gasteiger charge is -2.28. The van der Waals surface area contributed by atoms with Gasteiger partial charge in [0.05, 0.1) is 10.7 Å². The first-order valence-corrected chi connectivity index (χ1v) is 5.80. The third kappa shape index (κ3) is 3.69. The minimum Gasteiger partial charge on any atom is -0.394 e. The van der Waals surface area contributed by atoms with Crippen LogP contribution < -0.4 is 5.73 Å². The van der Waals surface area contributed by atoms with E-state index < -0.39 is 0 Å². The predicted octanol–water partition coefficient (Wildman–Crippen LogP) is 1.14. The van der Waals surface area contributed by atoms with Crippen LogP contribution in [0.15, 0.2) is 0 Å². The molecule has 0 bridgehead atoms. The molecule has 68 valence electrons. The molecule has 2 nitrogen and oxygen atoms in total. The van der Waals surface area contributed by atoms with Crippen LogP contribution in [0.25, 0.3) is 0 Å². The number of aliphatic hydroxyl groups excluding tert-OH is 1. The van der Waals surface area contributed by atoms with E-state index in [4.69, 9.17) is 10.8 Å². The Kier molecular flexibility index (Phi) is 6.52. The highest BCUT2D eigenvalue weighted by molar-refractivity contribution is 8.18. The summed E-state index contributed by atoms with van der Waals surface area (Å²) in [6, 6.07) is 0. The predicted molar refractivity (Wildman–Crippen MR) is 55.1 cm³/mol. The van der Waals surface area contributed by atoms with Crippen LogP contribution in [0.3, 0.4) is 0 Å². The van der Waals surface area contributed by atoms with Crippen LogP contribution in [0, 0.1) is 0 Å². The van der Waals surface area contributed by atoms with E-state index in [0.717, 1.165) is 11.5 Å². The van der Waals surface area contributed by atoms with Crippen molar-refractivity contribution in [1.82, 2.24) is 0 Å². The van der Waals surface area contributed by atoms with Crippen molar-refractivity contribution in [3.05, 3.63) is 0 Å². The van der Waals surface area contributed by atoms with Gasteiger partial charge >= 0.3 is 0 Å². The normalized spacial score (nSPS) is 12.0. The van der Waals surface area contributed by atoms with Crippen molar-refractivity contribution in [2.45, 2.75) is 17.9 Å². The van der Waals surface area contributed by atoms with Gasteiger partial charge in [-0.2, -0.15) is 0 Å². The molecule has 0 aromatic heterocycles. The molecule has 0 atom stereocenters. The summed E-state index contributed by atoms with van der Waals surface area (Å²) in [6.45, 7) is 4.88. The van der Waals surface area contributed by atoms with Gasteiger partial charge in [-0.3, -0.25) is 0 Å². The molecule has 0 fully saturated rings. The standard InChI is InChI=1S/C7H17NOS2/c1-3-10-7(5-8,6-9)11-4-2/h9H,3-6,8H2,1-2H3. The van der Waals surface area contributed by atoms with Gasteiger partial charge in [-0.05, 0) is 11.5 Å². The number of aliphatic hydroxyl groups is 1. The molecule has 0 aliphatic heterocycles. The monoisotopic (exact) mass is 195 g/mol. The zero-order chi connectivity index (χ0) is 8.74. The SMILES string of the molecule is CCSC(CN)(CO)SCC. The molecule has 11 heavy (non-hydrogen) atoms. The maximum atomic E-state index is 9.12. The first-order valence-electron chi connectivity index (χ1n) is 3.83. The summed E-state index contributed by atoms with van der Waals surface area (Å²) < 4.78 is -0.149. The summed E-state index contributed by atoms with van der Waals surface area (Å²) in [6.07, 6.45) is 0. The number of hydrogen-bond donors (Lipinski definition) is 2. The highest BCUT2D eigenvalue weighted by atomic mass is 32.2. The molecule has 0 unspecified atom stereocenters. The summed E-state index contributed by atoms with van der Waals surface area (Å²) in [5, 5.41) is 9.12. The van der Waals surface area contributed by atoms with E-state index in [1.165, 1.54) is 0 Å². The van der Waals surface area contributed by atoms with Crippen molar-refractivity contribution in [1.29, 1.82) is 0 Å². The van der Waals surface area contributed by atoms with Crippen LogP contribution >= 0.6 is 23.5 Å². The van der Waals surface area contributed by atoms with Crippen molar-refractivity contribution in [3.63, 3.8) is 0 Å². The van der Waals surface area contributed by atoms with E-state index in [1.54, 1.807) is 23.5 Å². The van der Waals surface area contributed by atoms with E-state index in [-0.39, 0.29) is 10.7 Å². The lowest BCUT2D eigenvalue weighted by Crippen LogP contribution is -2.35. The fourth-order valence-electron chi connectivity index (χ4n) is 0.841. The highest BCUT2D eigenvalue weighted by Crippen LogP contribution is 2.35. The maximum Gasteiger partial charge on any atom is 0.0961 e. The van der Waals surface area contributed by atoms with Crippen molar-refractivity contribution in [2.75, 3.05) is 24.7 Å². The Morgan fingerprint density at radius 3 is 1.91 bits per heavy atom. The van der Waals surface area contributed by atoms with E-state index in [2.05, 4.69) is 13.8 Å². The van der Waals surface area contributed by atoms with Crippen LogP contribution in [0.4, 0.5) is 0 Å². The molecule has 0 aliphatic rings. The highest BCUT2D eigenvalue weighted by Gasteiger charge is 2.27. The molecule has 0 saturated heterocycles. The molecule has 0 spiro atoms. The molecule has 0 rings (SSSR count). The lowest BCUT2D eigenvalue weighted by molar-refractivity contribution is 0.286. The smallest absolute Gasteiger partial charge is 0.0961 e. The van der Waals surface area contributed by atoms with Gasteiger partial charge in [0.25, 0.3) is 0 Å².